The molecule has 4 heteroatoms. The van der Waals surface area contributed by atoms with E-state index >= 15 is 0 Å². The molecule has 0 radical (unpaired) electrons. The Hall–Kier alpha value is -2.20. The molecule has 1 N–H and O–H groups in total. The van der Waals surface area contributed by atoms with Crippen molar-refractivity contribution in [1.82, 2.24) is 4.90 Å². The maximum absolute atomic E-state index is 13.8. The Morgan fingerprint density at radius 3 is 2.48 bits per heavy atom. The van der Waals surface area contributed by atoms with Gasteiger partial charge in [-0.3, -0.25) is 9.69 Å². The lowest BCUT2D eigenvalue weighted by molar-refractivity contribution is -0.143. The van der Waals surface area contributed by atoms with Gasteiger partial charge in [0.05, 0.1) is 12.0 Å². The number of hydrogen-bond acceptors (Lipinski definition) is 2. The van der Waals surface area contributed by atoms with Crippen molar-refractivity contribution in [3.63, 3.8) is 0 Å². The van der Waals surface area contributed by atoms with Crippen molar-refractivity contribution in [2.24, 2.45) is 5.92 Å². The van der Waals surface area contributed by atoms with Crippen molar-refractivity contribution >= 4 is 5.97 Å². The maximum atomic E-state index is 13.8. The third-order valence-corrected chi connectivity index (χ3v) is 5.13. The minimum absolute atomic E-state index is 0.0500. The molecule has 1 saturated heterocycles. The van der Waals surface area contributed by atoms with Crippen molar-refractivity contribution in [3.8, 4) is 0 Å². The van der Waals surface area contributed by atoms with E-state index in [4.69, 9.17) is 0 Å². The summed E-state index contributed by atoms with van der Waals surface area (Å²) in [6.07, 6.45) is 1.26. The third-order valence-electron chi connectivity index (χ3n) is 5.13. The number of carboxylic acids is 1. The molecule has 0 aliphatic carbocycles. The summed E-state index contributed by atoms with van der Waals surface area (Å²) in [6, 6.07) is 13.0. The SMILES string of the molecule is Cc1ccc(C(c2cccc(F)c2)N2CCC(C(=O)O)CC2)c(C)c1. The largest absolute Gasteiger partial charge is 0.481 e. The number of aliphatic carboxylic acids is 1. The van der Waals surface area contributed by atoms with Gasteiger partial charge in [-0.15, -0.1) is 0 Å². The fraction of sp³-hybridized carbons (Fsp3) is 0.381. The van der Waals surface area contributed by atoms with Crippen molar-refractivity contribution in [1.29, 1.82) is 0 Å². The Morgan fingerprint density at radius 2 is 1.88 bits per heavy atom. The van der Waals surface area contributed by atoms with E-state index in [1.165, 1.54) is 17.2 Å². The molecule has 132 valence electrons. The molecule has 3 nitrogen and oxygen atoms in total. The maximum Gasteiger partial charge on any atom is 0.306 e. The number of hydrogen-bond donors (Lipinski definition) is 1. The predicted octanol–water partition coefficient (Wildman–Crippen LogP) is 4.33. The van der Waals surface area contributed by atoms with Crippen LogP contribution >= 0.6 is 0 Å². The molecule has 1 aliphatic heterocycles. The lowest BCUT2D eigenvalue weighted by atomic mass is 9.89. The lowest BCUT2D eigenvalue weighted by Gasteiger charge is -2.37. The Bertz CT molecular complexity index is 766. The summed E-state index contributed by atoms with van der Waals surface area (Å²) in [4.78, 5) is 13.5. The van der Waals surface area contributed by atoms with Crippen molar-refractivity contribution in [3.05, 3.63) is 70.5 Å². The van der Waals surface area contributed by atoms with Crippen molar-refractivity contribution < 1.29 is 14.3 Å². The molecule has 2 aromatic carbocycles. The Morgan fingerprint density at radius 1 is 1.16 bits per heavy atom. The first-order valence-corrected chi connectivity index (χ1v) is 8.75. The number of halogens is 1. The molecule has 1 unspecified atom stereocenters. The minimum Gasteiger partial charge on any atom is -0.481 e. The van der Waals surface area contributed by atoms with Crippen LogP contribution in [0.3, 0.4) is 0 Å². The van der Waals surface area contributed by atoms with Crippen LogP contribution in [0.2, 0.25) is 0 Å². The molecule has 1 fully saturated rings. The van der Waals surface area contributed by atoms with E-state index in [9.17, 15) is 14.3 Å². The number of nitrogens with zero attached hydrogens (tertiary/aromatic N) is 1. The minimum atomic E-state index is -0.714. The fourth-order valence-electron chi connectivity index (χ4n) is 3.80. The summed E-state index contributed by atoms with van der Waals surface area (Å²) < 4.78 is 13.8. The van der Waals surface area contributed by atoms with E-state index in [2.05, 4.69) is 36.9 Å². The van der Waals surface area contributed by atoms with Crippen LogP contribution in [0.25, 0.3) is 0 Å². The van der Waals surface area contributed by atoms with Crippen LogP contribution in [0, 0.1) is 25.6 Å². The van der Waals surface area contributed by atoms with Crippen LogP contribution < -0.4 is 0 Å². The van der Waals surface area contributed by atoms with Gasteiger partial charge in [0.2, 0.25) is 0 Å². The average molecular weight is 341 g/mol. The fourth-order valence-corrected chi connectivity index (χ4v) is 3.80. The molecule has 25 heavy (non-hydrogen) atoms. The van der Waals surface area contributed by atoms with Crippen LogP contribution in [0.15, 0.2) is 42.5 Å². The molecular weight excluding hydrogens is 317 g/mol. The van der Waals surface area contributed by atoms with Gasteiger partial charge in [0, 0.05) is 0 Å². The molecule has 0 bridgehead atoms. The van der Waals surface area contributed by atoms with E-state index in [0.29, 0.717) is 25.9 Å². The lowest BCUT2D eigenvalue weighted by Crippen LogP contribution is -2.39. The highest BCUT2D eigenvalue weighted by molar-refractivity contribution is 5.70. The van der Waals surface area contributed by atoms with Gasteiger partial charge >= 0.3 is 5.97 Å². The molecular formula is C21H24FNO2. The van der Waals surface area contributed by atoms with Gasteiger partial charge in [0.15, 0.2) is 0 Å². The quantitative estimate of drug-likeness (QED) is 0.900. The second kappa shape index (κ2) is 7.36. The van der Waals surface area contributed by atoms with Gasteiger partial charge in [0.25, 0.3) is 0 Å². The van der Waals surface area contributed by atoms with Crippen LogP contribution in [0.1, 0.15) is 41.1 Å². The van der Waals surface area contributed by atoms with Crippen LogP contribution in [0.5, 0.6) is 0 Å². The summed E-state index contributed by atoms with van der Waals surface area (Å²) in [7, 11) is 0. The standard InChI is InChI=1S/C21H24FNO2/c1-14-6-7-19(15(2)12-14)20(17-4-3-5-18(22)13-17)23-10-8-16(9-11-23)21(24)25/h3-7,12-13,16,20H,8-11H2,1-2H3,(H,24,25). The second-order valence-electron chi connectivity index (χ2n) is 6.97. The Balaban J connectivity index is 1.97. The summed E-state index contributed by atoms with van der Waals surface area (Å²) in [5.41, 5.74) is 4.45. The van der Waals surface area contributed by atoms with Gasteiger partial charge in [-0.05, 0) is 68.6 Å². The number of carbonyl (C=O) groups is 1. The van der Waals surface area contributed by atoms with E-state index < -0.39 is 5.97 Å². The topological polar surface area (TPSA) is 40.5 Å². The highest BCUT2D eigenvalue weighted by Gasteiger charge is 2.30. The van der Waals surface area contributed by atoms with E-state index in [-0.39, 0.29) is 17.8 Å². The zero-order valence-corrected chi connectivity index (χ0v) is 14.7. The number of benzene rings is 2. The highest BCUT2D eigenvalue weighted by Crippen LogP contribution is 2.34. The van der Waals surface area contributed by atoms with E-state index in [1.54, 1.807) is 12.1 Å². The smallest absolute Gasteiger partial charge is 0.306 e. The number of carboxylic acid groups (broad SMARTS) is 1. The van der Waals surface area contributed by atoms with Crippen molar-refractivity contribution in [2.45, 2.75) is 32.7 Å². The predicted molar refractivity (Wildman–Crippen MR) is 96.1 cm³/mol. The number of rotatable bonds is 4. The van der Waals surface area contributed by atoms with Gasteiger partial charge < -0.3 is 5.11 Å². The molecule has 2 aromatic rings. The summed E-state index contributed by atoms with van der Waals surface area (Å²) >= 11 is 0. The van der Waals surface area contributed by atoms with Crippen LogP contribution in [0.4, 0.5) is 4.39 Å². The Kier molecular flexibility index (Phi) is 5.19. The number of likely N-dealkylation sites (tertiary alicyclic amines) is 1. The number of piperidine rings is 1. The monoisotopic (exact) mass is 341 g/mol. The molecule has 0 spiro atoms. The molecule has 3 rings (SSSR count). The summed E-state index contributed by atoms with van der Waals surface area (Å²) in [6.45, 7) is 5.54. The van der Waals surface area contributed by atoms with Gasteiger partial charge in [0.1, 0.15) is 5.82 Å². The van der Waals surface area contributed by atoms with Gasteiger partial charge in [-0.2, -0.15) is 0 Å². The molecule has 0 saturated carbocycles. The molecule has 1 heterocycles. The molecule has 1 atom stereocenters. The normalized spacial score (nSPS) is 17.4. The Labute approximate surface area is 148 Å². The highest BCUT2D eigenvalue weighted by atomic mass is 19.1. The van der Waals surface area contributed by atoms with Crippen LogP contribution in [-0.4, -0.2) is 29.1 Å². The average Bonchev–Trinajstić information content (AvgIpc) is 2.58. The second-order valence-corrected chi connectivity index (χ2v) is 6.97. The molecule has 0 aromatic heterocycles. The number of aryl methyl sites for hydroxylation is 2. The van der Waals surface area contributed by atoms with Gasteiger partial charge in [-0.1, -0.05) is 35.9 Å². The van der Waals surface area contributed by atoms with Crippen molar-refractivity contribution in [2.75, 3.05) is 13.1 Å². The zero-order valence-electron chi connectivity index (χ0n) is 14.7. The summed E-state index contributed by atoms with van der Waals surface area (Å²) in [5.74, 6) is -1.23. The third kappa shape index (κ3) is 3.90. The van der Waals surface area contributed by atoms with Crippen LogP contribution in [-0.2, 0) is 4.79 Å². The first-order chi connectivity index (χ1) is 12.0. The van der Waals surface area contributed by atoms with E-state index in [0.717, 1.165) is 11.1 Å². The zero-order chi connectivity index (χ0) is 18.0. The summed E-state index contributed by atoms with van der Waals surface area (Å²) in [5, 5.41) is 9.24. The first-order valence-electron chi connectivity index (χ1n) is 8.75. The first kappa shape index (κ1) is 17.6. The molecule has 0 amide bonds. The van der Waals surface area contributed by atoms with Gasteiger partial charge in [-0.25, -0.2) is 4.39 Å². The van der Waals surface area contributed by atoms with E-state index in [1.807, 2.05) is 6.07 Å². The molecule has 1 aliphatic rings.